The predicted molar refractivity (Wildman–Crippen MR) is 91.2 cm³/mol. The SMILES string of the molecule is O=C(COc1ccc(F)c(Cl)c1)NCc1ccc(OCC2CC2)nc1. The average molecular weight is 365 g/mol. The van der Waals surface area contributed by atoms with Gasteiger partial charge in [0.25, 0.3) is 5.91 Å². The average Bonchev–Trinajstić information content (AvgIpc) is 3.44. The number of halogens is 2. The van der Waals surface area contributed by atoms with Gasteiger partial charge in [0.2, 0.25) is 5.88 Å². The molecule has 3 rings (SSSR count). The zero-order valence-corrected chi connectivity index (χ0v) is 14.3. The summed E-state index contributed by atoms with van der Waals surface area (Å²) >= 11 is 5.65. The van der Waals surface area contributed by atoms with Gasteiger partial charge in [0, 0.05) is 24.9 Å². The molecule has 1 aliphatic rings. The van der Waals surface area contributed by atoms with Crippen LogP contribution >= 0.6 is 11.6 Å². The van der Waals surface area contributed by atoms with E-state index < -0.39 is 5.82 Å². The molecular formula is C18H18ClFN2O3. The fourth-order valence-corrected chi connectivity index (χ4v) is 2.23. The third kappa shape index (κ3) is 5.60. The van der Waals surface area contributed by atoms with Crippen LogP contribution < -0.4 is 14.8 Å². The monoisotopic (exact) mass is 364 g/mol. The highest BCUT2D eigenvalue weighted by molar-refractivity contribution is 6.30. The molecule has 2 aromatic rings. The highest BCUT2D eigenvalue weighted by atomic mass is 35.5. The van der Waals surface area contributed by atoms with Crippen LogP contribution in [0.4, 0.5) is 4.39 Å². The molecule has 1 saturated carbocycles. The lowest BCUT2D eigenvalue weighted by molar-refractivity contribution is -0.123. The van der Waals surface area contributed by atoms with Crippen LogP contribution in [0.25, 0.3) is 0 Å². The molecule has 0 spiro atoms. The second-order valence-electron chi connectivity index (χ2n) is 5.90. The van der Waals surface area contributed by atoms with Crippen LogP contribution in [0.15, 0.2) is 36.5 Å². The number of aromatic nitrogens is 1. The predicted octanol–water partition coefficient (Wildman–Crippen LogP) is 3.36. The Morgan fingerprint density at radius 3 is 2.80 bits per heavy atom. The number of carbonyl (C=O) groups excluding carboxylic acids is 1. The standard InChI is InChI=1S/C18H18ClFN2O3/c19-15-7-14(4-5-16(15)20)24-11-17(23)21-8-13-3-6-18(22-9-13)25-10-12-1-2-12/h3-7,9,12H,1-2,8,10-11H2,(H,21,23). The van der Waals surface area contributed by atoms with Gasteiger partial charge >= 0.3 is 0 Å². The molecule has 1 fully saturated rings. The van der Waals surface area contributed by atoms with Gasteiger partial charge in [-0.15, -0.1) is 0 Å². The van der Waals surface area contributed by atoms with Crippen molar-refractivity contribution in [2.45, 2.75) is 19.4 Å². The largest absolute Gasteiger partial charge is 0.484 e. The van der Waals surface area contributed by atoms with Crippen molar-refractivity contribution in [2.24, 2.45) is 5.92 Å². The molecular weight excluding hydrogens is 347 g/mol. The molecule has 1 heterocycles. The molecule has 1 aliphatic carbocycles. The number of ether oxygens (including phenoxy) is 2. The van der Waals surface area contributed by atoms with Crippen LogP contribution in [0.2, 0.25) is 5.02 Å². The Morgan fingerprint density at radius 2 is 2.12 bits per heavy atom. The second kappa shape index (κ2) is 8.16. The molecule has 0 aliphatic heterocycles. The maximum atomic E-state index is 13.0. The molecule has 25 heavy (non-hydrogen) atoms. The lowest BCUT2D eigenvalue weighted by atomic mass is 10.3. The molecule has 7 heteroatoms. The van der Waals surface area contributed by atoms with Crippen molar-refractivity contribution in [3.05, 3.63) is 52.9 Å². The quantitative estimate of drug-likeness (QED) is 0.780. The third-order valence-electron chi connectivity index (χ3n) is 3.71. The maximum absolute atomic E-state index is 13.0. The summed E-state index contributed by atoms with van der Waals surface area (Å²) in [6.07, 6.45) is 4.13. The van der Waals surface area contributed by atoms with Gasteiger partial charge in [0.05, 0.1) is 11.6 Å². The van der Waals surface area contributed by atoms with Crippen molar-refractivity contribution in [2.75, 3.05) is 13.2 Å². The minimum atomic E-state index is -0.532. The second-order valence-corrected chi connectivity index (χ2v) is 6.31. The van der Waals surface area contributed by atoms with Crippen molar-refractivity contribution in [3.8, 4) is 11.6 Å². The Morgan fingerprint density at radius 1 is 1.28 bits per heavy atom. The van der Waals surface area contributed by atoms with Gasteiger partial charge in [-0.1, -0.05) is 17.7 Å². The number of hydrogen-bond donors (Lipinski definition) is 1. The first-order chi connectivity index (χ1) is 12.1. The number of carbonyl (C=O) groups is 1. The van der Waals surface area contributed by atoms with E-state index in [1.165, 1.54) is 31.0 Å². The lowest BCUT2D eigenvalue weighted by Crippen LogP contribution is -2.28. The molecule has 1 N–H and O–H groups in total. The summed E-state index contributed by atoms with van der Waals surface area (Å²) in [5.74, 6) is 0.778. The number of hydrogen-bond acceptors (Lipinski definition) is 4. The van der Waals surface area contributed by atoms with E-state index in [9.17, 15) is 9.18 Å². The Balaban J connectivity index is 1.39. The Kier molecular flexibility index (Phi) is 5.71. The molecule has 1 aromatic heterocycles. The zero-order valence-electron chi connectivity index (χ0n) is 13.5. The molecule has 0 bridgehead atoms. The minimum Gasteiger partial charge on any atom is -0.484 e. The van der Waals surface area contributed by atoms with Gasteiger partial charge in [0.1, 0.15) is 11.6 Å². The van der Waals surface area contributed by atoms with E-state index >= 15 is 0 Å². The maximum Gasteiger partial charge on any atom is 0.258 e. The normalized spacial score (nSPS) is 13.4. The summed E-state index contributed by atoms with van der Waals surface area (Å²) in [7, 11) is 0. The molecule has 0 atom stereocenters. The summed E-state index contributed by atoms with van der Waals surface area (Å²) in [6, 6.07) is 7.58. The van der Waals surface area contributed by atoms with Crippen molar-refractivity contribution >= 4 is 17.5 Å². The first-order valence-electron chi connectivity index (χ1n) is 8.02. The van der Waals surface area contributed by atoms with E-state index in [1.807, 2.05) is 6.07 Å². The van der Waals surface area contributed by atoms with Gasteiger partial charge in [0.15, 0.2) is 6.61 Å². The zero-order chi connectivity index (χ0) is 17.6. The number of rotatable bonds is 8. The highest BCUT2D eigenvalue weighted by Crippen LogP contribution is 2.29. The topological polar surface area (TPSA) is 60.5 Å². The van der Waals surface area contributed by atoms with Crippen molar-refractivity contribution in [3.63, 3.8) is 0 Å². The Labute approximate surface area is 150 Å². The number of benzene rings is 1. The van der Waals surface area contributed by atoms with Crippen molar-refractivity contribution in [1.29, 1.82) is 0 Å². The minimum absolute atomic E-state index is 0.0482. The van der Waals surface area contributed by atoms with Crippen molar-refractivity contribution < 1.29 is 18.7 Å². The highest BCUT2D eigenvalue weighted by Gasteiger charge is 2.22. The van der Waals surface area contributed by atoms with Crippen LogP contribution in [0, 0.1) is 11.7 Å². The summed E-state index contributed by atoms with van der Waals surface area (Å²) in [6.45, 7) is 0.869. The number of nitrogens with zero attached hydrogens (tertiary/aromatic N) is 1. The molecule has 0 saturated heterocycles. The molecule has 0 radical (unpaired) electrons. The van der Waals surface area contributed by atoms with E-state index in [4.69, 9.17) is 21.1 Å². The molecule has 132 valence electrons. The summed E-state index contributed by atoms with van der Waals surface area (Å²) in [5.41, 5.74) is 0.858. The van der Waals surface area contributed by atoms with E-state index in [1.54, 1.807) is 12.3 Å². The number of pyridine rings is 1. The van der Waals surface area contributed by atoms with Gasteiger partial charge in [-0.2, -0.15) is 0 Å². The van der Waals surface area contributed by atoms with E-state index in [2.05, 4.69) is 10.3 Å². The molecule has 1 aromatic carbocycles. The lowest BCUT2D eigenvalue weighted by Gasteiger charge is -2.09. The van der Waals surface area contributed by atoms with Gasteiger partial charge in [-0.3, -0.25) is 4.79 Å². The number of amides is 1. The van der Waals surface area contributed by atoms with Crippen LogP contribution in [0.5, 0.6) is 11.6 Å². The third-order valence-corrected chi connectivity index (χ3v) is 4.00. The fraction of sp³-hybridized carbons (Fsp3) is 0.333. The van der Waals surface area contributed by atoms with E-state index in [-0.39, 0.29) is 17.5 Å². The van der Waals surface area contributed by atoms with Crippen LogP contribution in [0.3, 0.4) is 0 Å². The fourth-order valence-electron chi connectivity index (χ4n) is 2.06. The van der Waals surface area contributed by atoms with Gasteiger partial charge < -0.3 is 14.8 Å². The first kappa shape index (κ1) is 17.5. The summed E-state index contributed by atoms with van der Waals surface area (Å²) in [4.78, 5) is 16.0. The molecule has 0 unspecified atom stereocenters. The summed E-state index contributed by atoms with van der Waals surface area (Å²) in [5, 5.41) is 2.67. The number of nitrogens with one attached hydrogen (secondary N) is 1. The first-order valence-corrected chi connectivity index (χ1v) is 8.40. The molecule has 5 nitrogen and oxygen atoms in total. The summed E-state index contributed by atoms with van der Waals surface area (Å²) < 4.78 is 23.9. The smallest absolute Gasteiger partial charge is 0.258 e. The van der Waals surface area contributed by atoms with E-state index in [0.717, 1.165) is 5.56 Å². The van der Waals surface area contributed by atoms with Gasteiger partial charge in [-0.25, -0.2) is 9.37 Å². The Hall–Kier alpha value is -2.34. The molecule has 1 amide bonds. The van der Waals surface area contributed by atoms with Crippen LogP contribution in [-0.4, -0.2) is 24.1 Å². The van der Waals surface area contributed by atoms with Crippen LogP contribution in [-0.2, 0) is 11.3 Å². The van der Waals surface area contributed by atoms with Crippen molar-refractivity contribution in [1.82, 2.24) is 10.3 Å². The van der Waals surface area contributed by atoms with Crippen LogP contribution in [0.1, 0.15) is 18.4 Å². The van der Waals surface area contributed by atoms with E-state index in [0.29, 0.717) is 30.7 Å². The Bertz CT molecular complexity index is 736. The van der Waals surface area contributed by atoms with Gasteiger partial charge in [-0.05, 0) is 36.5 Å².